The van der Waals surface area contributed by atoms with Crippen molar-refractivity contribution in [2.45, 2.75) is 0 Å². The monoisotopic (exact) mass is 909 g/mol. The van der Waals surface area contributed by atoms with Crippen LogP contribution in [-0.2, 0) is 0 Å². The molecule has 0 unspecified atom stereocenters. The van der Waals surface area contributed by atoms with Gasteiger partial charge < -0.3 is 28.6 Å². The van der Waals surface area contributed by atoms with Crippen molar-refractivity contribution < 1.29 is 0 Å². The summed E-state index contributed by atoms with van der Waals surface area (Å²) >= 11 is 0. The van der Waals surface area contributed by atoms with Crippen LogP contribution >= 0.6 is 0 Å². The van der Waals surface area contributed by atoms with E-state index in [-0.39, 0.29) is 14.2 Å². The highest BCUT2D eigenvalue weighted by Crippen LogP contribution is 2.57. The Hall–Kier alpha value is -9.42. The first-order valence-corrected chi connectivity index (χ1v) is 24.1. The van der Waals surface area contributed by atoms with Gasteiger partial charge in [-0.15, -0.1) is 0 Å². The predicted octanol–water partition coefficient (Wildman–Crippen LogP) is 12.3. The van der Waals surface area contributed by atoms with Crippen molar-refractivity contribution in [2.75, 3.05) is 28.6 Å². The Morgan fingerprint density at radius 2 is 0.507 bits per heavy atom. The van der Waals surface area contributed by atoms with Gasteiger partial charge in [-0.2, -0.15) is 15.0 Å². The summed E-state index contributed by atoms with van der Waals surface area (Å²) in [4.78, 5) is 24.4. The fraction of sp³-hybridized carbons (Fsp3) is 0. The standard InChI is InChI=1S/C57H38B3N11/c1-3-21-39(22-4-1)66-49-33-15-18-36-52(49)69-58-67(40-23-5-2-6-24-40)50-34-16-19-37-53(50)70(58)60-68(51-35-17-20-38-54(51)71(60)59(66)69)57-62-55(64-45-29-11-7-25-41(45)42-26-8-12-30-46(42)64)61-56(63-57)65-47-31-13-9-27-43(47)44-28-10-14-32-48(44)65/h1-38H. The smallest absolute Gasteiger partial charge is 0.382 e. The number of anilines is 9. The van der Waals surface area contributed by atoms with Gasteiger partial charge in [-0.05, 0) is 84.9 Å². The zero-order chi connectivity index (χ0) is 46.3. The first kappa shape index (κ1) is 38.5. The van der Waals surface area contributed by atoms with E-state index in [0.29, 0.717) is 17.8 Å². The first-order valence-electron chi connectivity index (χ1n) is 24.1. The van der Waals surface area contributed by atoms with Crippen molar-refractivity contribution in [3.05, 3.63) is 231 Å². The number of fused-ring (bicyclic) bond motifs is 18. The number of hydrogen-bond acceptors (Lipinski definition) is 9. The lowest BCUT2D eigenvalue weighted by Gasteiger charge is -2.51. The molecule has 0 N–H and O–H groups in total. The van der Waals surface area contributed by atoms with Crippen molar-refractivity contribution in [1.29, 1.82) is 0 Å². The van der Waals surface area contributed by atoms with Crippen LogP contribution in [0.3, 0.4) is 0 Å². The highest BCUT2D eigenvalue weighted by molar-refractivity contribution is 7.11. The fourth-order valence-electron chi connectivity index (χ4n) is 12.1. The molecule has 11 nitrogen and oxygen atoms in total. The minimum atomic E-state index is -0.478. The second-order valence-electron chi connectivity index (χ2n) is 18.5. The molecule has 9 aromatic carbocycles. The SMILES string of the molecule is c1ccc(N2B3N(B4N(B5N3c3ccccc3N5c3ccccc3)c3ccccc3N4c3nc(-n4c5ccccc5c5ccccc54)nc(-n4c5ccccc5c5ccccc54)n3)c3ccccc32)cc1. The third-order valence-electron chi connectivity index (χ3n) is 14.9. The lowest BCUT2D eigenvalue weighted by Crippen LogP contribution is -2.83. The second-order valence-corrected chi connectivity index (χ2v) is 18.5. The molecular weight excluding hydrogens is 871 g/mol. The van der Waals surface area contributed by atoms with E-state index in [9.17, 15) is 0 Å². The van der Waals surface area contributed by atoms with Gasteiger partial charge in [0.25, 0.3) is 0 Å². The molecular formula is C57H38B3N11. The van der Waals surface area contributed by atoms with Crippen molar-refractivity contribution >= 4 is 116 Å². The van der Waals surface area contributed by atoms with Crippen LogP contribution in [0.5, 0.6) is 0 Å². The zero-order valence-corrected chi connectivity index (χ0v) is 38.1. The van der Waals surface area contributed by atoms with Gasteiger partial charge in [-0.25, -0.2) is 0 Å². The molecule has 1 fully saturated rings. The van der Waals surface area contributed by atoms with Gasteiger partial charge in [0.2, 0.25) is 17.8 Å². The number of hydrogen-bond donors (Lipinski definition) is 0. The molecule has 14 heteroatoms. The molecule has 1 saturated heterocycles. The van der Waals surface area contributed by atoms with E-state index in [1.807, 2.05) is 0 Å². The summed E-state index contributed by atoms with van der Waals surface area (Å²) in [6.45, 7) is 0. The molecule has 4 aliphatic heterocycles. The highest BCUT2D eigenvalue weighted by Gasteiger charge is 2.70. The van der Waals surface area contributed by atoms with E-state index >= 15 is 0 Å². The number of aromatic nitrogens is 5. The van der Waals surface area contributed by atoms with Crippen LogP contribution < -0.4 is 28.6 Å². The number of nitrogens with zero attached hydrogens (tertiary/aromatic N) is 11. The Balaban J connectivity index is 1.01. The maximum absolute atomic E-state index is 5.73. The lowest BCUT2D eigenvalue weighted by atomic mass is 9.55. The van der Waals surface area contributed by atoms with Crippen LogP contribution in [0.4, 0.5) is 51.4 Å². The van der Waals surface area contributed by atoms with Gasteiger partial charge in [-0.3, -0.25) is 9.13 Å². The van der Waals surface area contributed by atoms with Crippen molar-refractivity contribution in [3.63, 3.8) is 0 Å². The molecule has 0 spiro atoms. The normalized spacial score (nSPS) is 14.5. The summed E-state index contributed by atoms with van der Waals surface area (Å²) in [5.41, 5.74) is 12.8. The first-order chi connectivity index (χ1) is 35.3. The van der Waals surface area contributed by atoms with Crippen LogP contribution in [0.1, 0.15) is 0 Å². The molecule has 0 aliphatic carbocycles. The van der Waals surface area contributed by atoms with E-state index in [2.05, 4.69) is 268 Å². The molecule has 12 aromatic rings. The summed E-state index contributed by atoms with van der Waals surface area (Å²) in [6, 6.07) is 82.3. The third-order valence-corrected chi connectivity index (χ3v) is 14.9. The molecule has 0 radical (unpaired) electrons. The number of para-hydroxylation sites is 12. The quantitative estimate of drug-likeness (QED) is 0.157. The number of benzene rings is 9. The summed E-state index contributed by atoms with van der Waals surface area (Å²) in [7, 11) is -1.14. The third kappa shape index (κ3) is 5.22. The maximum atomic E-state index is 5.73. The van der Waals surface area contributed by atoms with E-state index in [1.54, 1.807) is 0 Å². The Kier molecular flexibility index (Phi) is 7.90. The van der Waals surface area contributed by atoms with Gasteiger partial charge in [-0.1, -0.05) is 146 Å². The van der Waals surface area contributed by atoms with Crippen LogP contribution in [-0.4, -0.2) is 45.4 Å². The molecule has 0 bridgehead atoms. The Bertz CT molecular complexity index is 3840. The Labute approximate surface area is 409 Å². The largest absolute Gasteiger partial charge is 0.492 e. The summed E-state index contributed by atoms with van der Waals surface area (Å²) in [6.07, 6.45) is 0. The Morgan fingerprint density at radius 1 is 0.239 bits per heavy atom. The molecule has 0 saturated carbocycles. The van der Waals surface area contributed by atoms with Crippen molar-refractivity contribution in [2.24, 2.45) is 0 Å². The van der Waals surface area contributed by atoms with Gasteiger partial charge >= 0.3 is 21.4 Å². The molecule has 7 heterocycles. The average molecular weight is 909 g/mol. The van der Waals surface area contributed by atoms with Gasteiger partial charge in [0, 0.05) is 50.0 Å². The summed E-state index contributed by atoms with van der Waals surface area (Å²) < 4.78 is 12.2. The summed E-state index contributed by atoms with van der Waals surface area (Å²) in [5.74, 6) is 1.58. The highest BCUT2D eigenvalue weighted by atomic mass is 15.6. The Morgan fingerprint density at radius 3 is 0.873 bits per heavy atom. The van der Waals surface area contributed by atoms with Crippen LogP contribution in [0.25, 0.3) is 55.5 Å². The molecule has 330 valence electrons. The molecule has 71 heavy (non-hydrogen) atoms. The van der Waals surface area contributed by atoms with Gasteiger partial charge in [0.1, 0.15) is 0 Å². The van der Waals surface area contributed by atoms with Gasteiger partial charge in [0.05, 0.1) is 39.1 Å². The van der Waals surface area contributed by atoms with Crippen LogP contribution in [0.2, 0.25) is 0 Å². The minimum Gasteiger partial charge on any atom is -0.382 e. The van der Waals surface area contributed by atoms with Crippen molar-refractivity contribution in [1.82, 2.24) is 24.1 Å². The molecule has 16 rings (SSSR count). The van der Waals surface area contributed by atoms with Crippen LogP contribution in [0, 0.1) is 0 Å². The second kappa shape index (κ2) is 14.6. The van der Waals surface area contributed by atoms with E-state index < -0.39 is 7.12 Å². The molecule has 3 aromatic heterocycles. The predicted molar refractivity (Wildman–Crippen MR) is 292 cm³/mol. The lowest BCUT2D eigenvalue weighted by molar-refractivity contribution is 0.883. The van der Waals surface area contributed by atoms with Gasteiger partial charge in [0.15, 0.2) is 0 Å². The van der Waals surface area contributed by atoms with Crippen LogP contribution in [0.15, 0.2) is 231 Å². The zero-order valence-electron chi connectivity index (χ0n) is 38.1. The summed E-state index contributed by atoms with van der Waals surface area (Å²) in [5, 5.41) is 4.53. The van der Waals surface area contributed by atoms with E-state index in [4.69, 9.17) is 15.0 Å². The number of rotatable bonds is 5. The topological polar surface area (TPSA) is 68.0 Å². The van der Waals surface area contributed by atoms with E-state index in [0.717, 1.165) is 89.1 Å². The fourth-order valence-corrected chi connectivity index (χ4v) is 12.1. The molecule has 4 aliphatic rings. The van der Waals surface area contributed by atoms with Crippen molar-refractivity contribution in [3.8, 4) is 11.9 Å². The minimum absolute atomic E-state index is 0.330. The maximum Gasteiger partial charge on any atom is 0.492 e. The molecule has 0 atom stereocenters. The van der Waals surface area contributed by atoms with E-state index in [1.165, 1.54) is 0 Å². The molecule has 0 amide bonds. The average Bonchev–Trinajstić information content (AvgIpc) is 4.23.